The van der Waals surface area contributed by atoms with Crippen LogP contribution in [0, 0.1) is 5.92 Å². The third-order valence-electron chi connectivity index (χ3n) is 4.50. The number of nitrogens with zero attached hydrogens (tertiary/aromatic N) is 2. The van der Waals surface area contributed by atoms with E-state index in [-0.39, 0.29) is 0 Å². The summed E-state index contributed by atoms with van der Waals surface area (Å²) in [5.74, 6) is 0.698. The van der Waals surface area contributed by atoms with Gasteiger partial charge in [-0.25, -0.2) is 0 Å². The Labute approximate surface area is 154 Å². The van der Waals surface area contributed by atoms with Crippen LogP contribution in [0.4, 0.5) is 0 Å². The molecule has 2 rings (SSSR count). The summed E-state index contributed by atoms with van der Waals surface area (Å²) < 4.78 is 0. The quantitative estimate of drug-likeness (QED) is 0.646. The Kier molecular flexibility index (Phi) is 7.67. The average Bonchev–Trinajstić information content (AvgIpc) is 2.54. The van der Waals surface area contributed by atoms with Gasteiger partial charge >= 0.3 is 0 Å². The third kappa shape index (κ3) is 7.01. The largest absolute Gasteiger partial charge is 0.308 e. The first kappa shape index (κ1) is 19.7. The highest BCUT2D eigenvalue weighted by Gasteiger charge is 2.16. The van der Waals surface area contributed by atoms with E-state index in [1.54, 1.807) is 0 Å². The zero-order valence-electron chi connectivity index (χ0n) is 16.6. The smallest absolute Gasteiger partial charge is 0.0240 e. The lowest BCUT2D eigenvalue weighted by atomic mass is 10.0. The Balaban J connectivity index is 2.14. The first-order valence-corrected chi connectivity index (χ1v) is 9.44. The minimum atomic E-state index is 0.504. The van der Waals surface area contributed by atoms with Gasteiger partial charge in [-0.05, 0) is 50.0 Å². The Hall–Kier alpha value is -1.64. The normalized spacial score (nSPS) is 13.0. The van der Waals surface area contributed by atoms with Crippen LogP contribution in [0.1, 0.15) is 37.5 Å². The standard InChI is InChI=1S/C23H34N2/c1-19(2)14-22-12-9-13-23(15-22)18-25(20(3)16-24(4)5)17-21-10-7-6-8-11-21/h6-13,15,19-20H,14,16-18H2,1-5H3. The second-order valence-corrected chi connectivity index (χ2v) is 7.92. The van der Waals surface area contributed by atoms with Crippen molar-refractivity contribution in [2.75, 3.05) is 20.6 Å². The molecule has 0 radical (unpaired) electrons. The van der Waals surface area contributed by atoms with E-state index < -0.39 is 0 Å². The lowest BCUT2D eigenvalue weighted by Crippen LogP contribution is -2.39. The maximum absolute atomic E-state index is 2.59. The molecule has 0 amide bonds. The van der Waals surface area contributed by atoms with Gasteiger partial charge in [0.25, 0.3) is 0 Å². The zero-order chi connectivity index (χ0) is 18.2. The molecule has 2 aromatic rings. The number of rotatable bonds is 9. The van der Waals surface area contributed by atoms with Gasteiger partial charge in [0.2, 0.25) is 0 Å². The predicted octanol–water partition coefficient (Wildman–Crippen LogP) is 4.84. The number of hydrogen-bond acceptors (Lipinski definition) is 2. The number of benzene rings is 2. The fourth-order valence-corrected chi connectivity index (χ4v) is 3.39. The summed E-state index contributed by atoms with van der Waals surface area (Å²) in [5, 5.41) is 0. The summed E-state index contributed by atoms with van der Waals surface area (Å²) in [7, 11) is 4.31. The van der Waals surface area contributed by atoms with Crippen molar-refractivity contribution in [3.63, 3.8) is 0 Å². The molecule has 1 unspecified atom stereocenters. The topological polar surface area (TPSA) is 6.48 Å². The second-order valence-electron chi connectivity index (χ2n) is 7.92. The minimum Gasteiger partial charge on any atom is -0.308 e. The van der Waals surface area contributed by atoms with Crippen molar-refractivity contribution in [1.29, 1.82) is 0 Å². The molecule has 1 atom stereocenters. The molecule has 0 aromatic heterocycles. The highest BCUT2D eigenvalue weighted by Crippen LogP contribution is 2.16. The van der Waals surface area contributed by atoms with E-state index in [1.807, 2.05) is 0 Å². The van der Waals surface area contributed by atoms with Crippen molar-refractivity contribution in [1.82, 2.24) is 9.80 Å². The zero-order valence-corrected chi connectivity index (χ0v) is 16.6. The summed E-state index contributed by atoms with van der Waals surface area (Å²) in [6.45, 7) is 9.96. The molecule has 0 heterocycles. The van der Waals surface area contributed by atoms with Gasteiger partial charge in [0, 0.05) is 25.7 Å². The molecule has 136 valence electrons. The van der Waals surface area contributed by atoms with E-state index in [0.29, 0.717) is 12.0 Å². The van der Waals surface area contributed by atoms with Gasteiger partial charge in [0.1, 0.15) is 0 Å². The molecule has 0 aliphatic heterocycles. The van der Waals surface area contributed by atoms with Gasteiger partial charge in [0.15, 0.2) is 0 Å². The molecular weight excluding hydrogens is 304 g/mol. The Morgan fingerprint density at radius 2 is 1.36 bits per heavy atom. The van der Waals surface area contributed by atoms with Crippen LogP contribution in [0.2, 0.25) is 0 Å². The summed E-state index contributed by atoms with van der Waals surface area (Å²) in [4.78, 5) is 4.86. The molecule has 0 saturated heterocycles. The molecule has 0 fully saturated rings. The van der Waals surface area contributed by atoms with Crippen molar-refractivity contribution in [3.8, 4) is 0 Å². The molecule has 0 bridgehead atoms. The van der Waals surface area contributed by atoms with E-state index >= 15 is 0 Å². The van der Waals surface area contributed by atoms with Crippen LogP contribution in [-0.4, -0.2) is 36.5 Å². The molecule has 0 saturated carbocycles. The fraction of sp³-hybridized carbons (Fsp3) is 0.478. The highest BCUT2D eigenvalue weighted by atomic mass is 15.2. The van der Waals surface area contributed by atoms with Crippen molar-refractivity contribution < 1.29 is 0 Å². The molecule has 0 N–H and O–H groups in total. The van der Waals surface area contributed by atoms with Crippen LogP contribution in [0.25, 0.3) is 0 Å². The lowest BCUT2D eigenvalue weighted by Gasteiger charge is -2.31. The van der Waals surface area contributed by atoms with Crippen molar-refractivity contribution in [3.05, 3.63) is 71.3 Å². The monoisotopic (exact) mass is 338 g/mol. The molecule has 0 spiro atoms. The van der Waals surface area contributed by atoms with E-state index in [9.17, 15) is 0 Å². The number of likely N-dealkylation sites (N-methyl/N-ethyl adjacent to an activating group) is 1. The molecule has 2 nitrogen and oxygen atoms in total. The van der Waals surface area contributed by atoms with Gasteiger partial charge in [-0.15, -0.1) is 0 Å². The van der Waals surface area contributed by atoms with Crippen LogP contribution in [0.3, 0.4) is 0 Å². The Bertz CT molecular complexity index is 619. The fourth-order valence-electron chi connectivity index (χ4n) is 3.39. The third-order valence-corrected chi connectivity index (χ3v) is 4.50. The van der Waals surface area contributed by atoms with Crippen molar-refractivity contribution in [2.45, 2.75) is 46.3 Å². The van der Waals surface area contributed by atoms with Gasteiger partial charge < -0.3 is 4.90 Å². The predicted molar refractivity (Wildman–Crippen MR) is 109 cm³/mol. The van der Waals surface area contributed by atoms with Gasteiger partial charge in [-0.3, -0.25) is 4.90 Å². The minimum absolute atomic E-state index is 0.504. The van der Waals surface area contributed by atoms with Crippen LogP contribution < -0.4 is 0 Å². The molecule has 0 aliphatic rings. The molecule has 0 aliphatic carbocycles. The van der Waals surface area contributed by atoms with Crippen LogP contribution in [0.5, 0.6) is 0 Å². The van der Waals surface area contributed by atoms with Crippen LogP contribution in [-0.2, 0) is 19.5 Å². The van der Waals surface area contributed by atoms with Crippen LogP contribution in [0.15, 0.2) is 54.6 Å². The van der Waals surface area contributed by atoms with Crippen molar-refractivity contribution >= 4 is 0 Å². The van der Waals surface area contributed by atoms with Gasteiger partial charge in [0.05, 0.1) is 0 Å². The van der Waals surface area contributed by atoms with Crippen LogP contribution >= 0.6 is 0 Å². The van der Waals surface area contributed by atoms with Gasteiger partial charge in [-0.2, -0.15) is 0 Å². The van der Waals surface area contributed by atoms with Gasteiger partial charge in [-0.1, -0.05) is 68.4 Å². The SMILES string of the molecule is CC(C)Cc1cccc(CN(Cc2ccccc2)C(C)CN(C)C)c1. The summed E-state index contributed by atoms with van der Waals surface area (Å²) in [5.41, 5.74) is 4.25. The average molecular weight is 339 g/mol. The second kappa shape index (κ2) is 9.74. The summed E-state index contributed by atoms with van der Waals surface area (Å²) in [6.07, 6.45) is 1.15. The van der Waals surface area contributed by atoms with E-state index in [0.717, 1.165) is 26.1 Å². The maximum atomic E-state index is 2.59. The molecular formula is C23H34N2. The summed E-state index contributed by atoms with van der Waals surface area (Å²) >= 11 is 0. The molecule has 2 heteroatoms. The maximum Gasteiger partial charge on any atom is 0.0240 e. The van der Waals surface area contributed by atoms with E-state index in [4.69, 9.17) is 0 Å². The number of hydrogen-bond donors (Lipinski definition) is 0. The Morgan fingerprint density at radius 1 is 0.760 bits per heavy atom. The van der Waals surface area contributed by atoms with E-state index in [2.05, 4.69) is 99.3 Å². The molecule has 25 heavy (non-hydrogen) atoms. The lowest BCUT2D eigenvalue weighted by molar-refractivity contribution is 0.158. The summed E-state index contributed by atoms with van der Waals surface area (Å²) in [6, 6.07) is 20.4. The first-order valence-electron chi connectivity index (χ1n) is 9.44. The highest BCUT2D eigenvalue weighted by molar-refractivity contribution is 5.24. The Morgan fingerprint density at radius 3 is 2.00 bits per heavy atom. The first-order chi connectivity index (χ1) is 11.9. The van der Waals surface area contributed by atoms with Crippen molar-refractivity contribution in [2.24, 2.45) is 5.92 Å². The molecule has 2 aromatic carbocycles. The van der Waals surface area contributed by atoms with E-state index in [1.165, 1.54) is 16.7 Å².